The molecule has 0 bridgehead atoms. The van der Waals surface area contributed by atoms with Gasteiger partial charge in [-0.15, -0.1) is 22.7 Å². The van der Waals surface area contributed by atoms with Gasteiger partial charge in [0.15, 0.2) is 9.84 Å². The second kappa shape index (κ2) is 7.65. The number of hydrogen-bond donors (Lipinski definition) is 0. The van der Waals surface area contributed by atoms with Crippen LogP contribution in [0.1, 0.15) is 46.4 Å². The minimum absolute atomic E-state index is 0.0209. The highest BCUT2D eigenvalue weighted by atomic mass is 32.2. The third-order valence-corrected chi connectivity index (χ3v) is 26.1. The van der Waals surface area contributed by atoms with Gasteiger partial charge in [-0.3, -0.25) is 0 Å². The van der Waals surface area contributed by atoms with Crippen molar-refractivity contribution in [3.8, 4) is 9.75 Å². The lowest BCUT2D eigenvalue weighted by molar-refractivity contribution is 0.612. The summed E-state index contributed by atoms with van der Waals surface area (Å²) in [6.45, 7) is 22.7. The average molecular weight is 509 g/mol. The SMILES string of the molecule is CC(C)(C)[Si](C)(C)C1=CC=C(c2ccc(-c3ccc([Si](C)(C)C(C)(C)C)s3)s2)S1(=O)=O. The molecule has 0 atom stereocenters. The van der Waals surface area contributed by atoms with E-state index >= 15 is 0 Å². The van der Waals surface area contributed by atoms with Gasteiger partial charge in [0, 0.05) is 19.2 Å². The Balaban J connectivity index is 1.92. The van der Waals surface area contributed by atoms with E-state index in [0.29, 0.717) is 14.5 Å². The first-order valence-electron chi connectivity index (χ1n) is 10.8. The van der Waals surface area contributed by atoms with E-state index in [1.807, 2.05) is 29.6 Å². The Morgan fingerprint density at radius 1 is 0.677 bits per heavy atom. The third-order valence-electron chi connectivity index (χ3n) is 7.64. The normalized spacial score (nSPS) is 17.6. The van der Waals surface area contributed by atoms with Crippen LogP contribution in [0.4, 0.5) is 0 Å². The Bertz CT molecular complexity index is 1160. The Hall–Kier alpha value is -0.736. The second-order valence-corrected chi connectivity index (χ2v) is 27.0. The molecule has 170 valence electrons. The number of allylic oxidation sites excluding steroid dienone is 2. The fourth-order valence-corrected chi connectivity index (χ4v) is 15.3. The molecule has 0 fully saturated rings. The molecule has 7 heteroatoms. The standard InChI is InChI=1S/C24H36O2S3Si2/c1-23(2,3)30(7,8)21-15-13-18(28-21)17-11-12-19(27-17)20-14-16-22(29(20,25)26)31(9,10)24(4,5)6/h11-16H,1-10H3. The van der Waals surface area contributed by atoms with Crippen LogP contribution in [0.15, 0.2) is 40.9 Å². The van der Waals surface area contributed by atoms with Crippen molar-refractivity contribution in [3.05, 3.63) is 45.8 Å². The highest BCUT2D eigenvalue weighted by molar-refractivity contribution is 8.06. The van der Waals surface area contributed by atoms with E-state index in [1.54, 1.807) is 11.3 Å². The molecule has 0 unspecified atom stereocenters. The predicted octanol–water partition coefficient (Wildman–Crippen LogP) is 7.89. The maximum Gasteiger partial charge on any atom is 0.200 e. The number of thiophene rings is 2. The molecule has 3 heterocycles. The van der Waals surface area contributed by atoms with Crippen molar-refractivity contribution in [3.63, 3.8) is 0 Å². The first kappa shape index (κ1) is 24.9. The molecule has 1 aliphatic rings. The van der Waals surface area contributed by atoms with Gasteiger partial charge in [-0.2, -0.15) is 0 Å². The molecular weight excluding hydrogens is 473 g/mol. The highest BCUT2D eigenvalue weighted by Crippen LogP contribution is 2.48. The van der Waals surface area contributed by atoms with Crippen molar-refractivity contribution in [2.45, 2.75) is 77.8 Å². The largest absolute Gasteiger partial charge is 0.219 e. The van der Waals surface area contributed by atoms with E-state index in [-0.39, 0.29) is 5.04 Å². The van der Waals surface area contributed by atoms with Crippen molar-refractivity contribution in [1.29, 1.82) is 0 Å². The van der Waals surface area contributed by atoms with Crippen molar-refractivity contribution >= 4 is 58.1 Å². The molecule has 0 aliphatic carbocycles. The molecule has 3 rings (SSSR count). The molecule has 0 saturated carbocycles. The summed E-state index contributed by atoms with van der Waals surface area (Å²) in [6, 6.07) is 8.58. The van der Waals surface area contributed by atoms with Crippen LogP contribution < -0.4 is 4.50 Å². The van der Waals surface area contributed by atoms with Crippen LogP contribution in [-0.2, 0) is 9.84 Å². The average Bonchev–Trinajstić information content (AvgIpc) is 3.29. The fourth-order valence-electron chi connectivity index (χ4n) is 3.36. The Morgan fingerprint density at radius 2 is 1.16 bits per heavy atom. The molecule has 0 radical (unpaired) electrons. The van der Waals surface area contributed by atoms with Crippen molar-refractivity contribution in [1.82, 2.24) is 0 Å². The van der Waals surface area contributed by atoms with Gasteiger partial charge >= 0.3 is 0 Å². The van der Waals surface area contributed by atoms with Gasteiger partial charge in [0.05, 0.1) is 13.0 Å². The van der Waals surface area contributed by atoms with Gasteiger partial charge in [-0.25, -0.2) is 8.42 Å². The summed E-state index contributed by atoms with van der Waals surface area (Å²) in [5, 5.41) is 0.275. The minimum Gasteiger partial charge on any atom is -0.219 e. The summed E-state index contributed by atoms with van der Waals surface area (Å²) in [5.74, 6) is 0. The summed E-state index contributed by atoms with van der Waals surface area (Å²) in [4.78, 5) is 3.72. The molecule has 2 aromatic heterocycles. The van der Waals surface area contributed by atoms with Gasteiger partial charge < -0.3 is 0 Å². The molecule has 0 spiro atoms. The highest BCUT2D eigenvalue weighted by Gasteiger charge is 2.47. The van der Waals surface area contributed by atoms with Gasteiger partial charge in [0.25, 0.3) is 0 Å². The van der Waals surface area contributed by atoms with Crippen molar-refractivity contribution in [2.75, 3.05) is 0 Å². The number of hydrogen-bond acceptors (Lipinski definition) is 4. The molecular formula is C24H36O2S3Si2. The molecule has 2 aromatic rings. The summed E-state index contributed by atoms with van der Waals surface area (Å²) in [7, 11) is -7.14. The number of sulfone groups is 1. The zero-order chi connectivity index (χ0) is 23.6. The maximum atomic E-state index is 13.5. The van der Waals surface area contributed by atoms with E-state index < -0.39 is 26.0 Å². The first-order valence-corrected chi connectivity index (χ1v) is 19.9. The van der Waals surface area contributed by atoms with E-state index in [9.17, 15) is 8.42 Å². The molecule has 31 heavy (non-hydrogen) atoms. The van der Waals surface area contributed by atoms with Gasteiger partial charge in [-0.1, -0.05) is 79.9 Å². The fraction of sp³-hybridized carbons (Fsp3) is 0.500. The lowest BCUT2D eigenvalue weighted by atomic mass is 10.2. The van der Waals surface area contributed by atoms with Crippen LogP contribution >= 0.6 is 22.7 Å². The van der Waals surface area contributed by atoms with Crippen LogP contribution in [0.25, 0.3) is 14.7 Å². The van der Waals surface area contributed by atoms with Crippen LogP contribution in [0.5, 0.6) is 0 Å². The molecule has 2 nitrogen and oxygen atoms in total. The Kier molecular flexibility index (Phi) is 6.15. The molecule has 0 N–H and O–H groups in total. The molecule has 0 amide bonds. The summed E-state index contributed by atoms with van der Waals surface area (Å²) < 4.78 is 29.1. The van der Waals surface area contributed by atoms with Crippen molar-refractivity contribution < 1.29 is 8.42 Å². The van der Waals surface area contributed by atoms with Gasteiger partial charge in [0.2, 0.25) is 0 Å². The third kappa shape index (κ3) is 4.17. The molecule has 1 aliphatic heterocycles. The summed E-state index contributed by atoms with van der Waals surface area (Å²) >= 11 is 3.48. The van der Waals surface area contributed by atoms with Crippen LogP contribution in [0.3, 0.4) is 0 Å². The summed E-state index contributed by atoms with van der Waals surface area (Å²) in [6.07, 6.45) is 3.71. The zero-order valence-electron chi connectivity index (χ0n) is 20.5. The first-order chi connectivity index (χ1) is 13.9. The van der Waals surface area contributed by atoms with Gasteiger partial charge in [-0.05, 0) is 38.9 Å². The maximum absolute atomic E-state index is 13.5. The van der Waals surface area contributed by atoms with Gasteiger partial charge in [0.1, 0.15) is 8.07 Å². The predicted molar refractivity (Wildman–Crippen MR) is 147 cm³/mol. The Labute approximate surface area is 199 Å². The smallest absolute Gasteiger partial charge is 0.200 e. The monoisotopic (exact) mass is 508 g/mol. The zero-order valence-corrected chi connectivity index (χ0v) is 25.0. The van der Waals surface area contributed by atoms with Crippen LogP contribution in [-0.4, -0.2) is 24.6 Å². The minimum atomic E-state index is -3.42. The molecule has 0 aromatic carbocycles. The van der Waals surface area contributed by atoms with E-state index in [1.165, 1.54) is 9.38 Å². The Morgan fingerprint density at radius 3 is 1.71 bits per heavy atom. The van der Waals surface area contributed by atoms with E-state index in [2.05, 4.69) is 85.9 Å². The topological polar surface area (TPSA) is 34.1 Å². The lowest BCUT2D eigenvalue weighted by Gasteiger charge is -2.37. The number of rotatable bonds is 4. The van der Waals surface area contributed by atoms with E-state index in [4.69, 9.17) is 0 Å². The van der Waals surface area contributed by atoms with Crippen LogP contribution in [0.2, 0.25) is 36.3 Å². The second-order valence-electron chi connectivity index (χ2n) is 11.6. The quantitative estimate of drug-likeness (QED) is 0.393. The van der Waals surface area contributed by atoms with E-state index in [0.717, 1.165) is 9.75 Å². The molecule has 0 saturated heterocycles. The van der Waals surface area contributed by atoms with Crippen LogP contribution in [0, 0.1) is 0 Å². The van der Waals surface area contributed by atoms with Crippen molar-refractivity contribution in [2.24, 2.45) is 0 Å². The summed E-state index contributed by atoms with van der Waals surface area (Å²) in [5.41, 5.74) is 0. The lowest BCUT2D eigenvalue weighted by Crippen LogP contribution is -2.47.